The van der Waals surface area contributed by atoms with Crippen LogP contribution in [0.15, 0.2) is 24.3 Å². The third-order valence-corrected chi connectivity index (χ3v) is 4.88. The molecule has 25 heavy (non-hydrogen) atoms. The number of nitrogens with two attached hydrogens (primary N) is 2. The van der Waals surface area contributed by atoms with Gasteiger partial charge < -0.3 is 16.8 Å². The number of nitrogens with one attached hydrogen (secondary N) is 1. The molecule has 138 valence electrons. The zero-order chi connectivity index (χ0) is 18.2. The number of piperidine rings is 1. The molecule has 2 rings (SSSR count). The van der Waals surface area contributed by atoms with Gasteiger partial charge in [-0.2, -0.15) is 0 Å². The van der Waals surface area contributed by atoms with Gasteiger partial charge in [-0.15, -0.1) is 0 Å². The van der Waals surface area contributed by atoms with Gasteiger partial charge in [0, 0.05) is 24.5 Å². The molecule has 0 aliphatic carbocycles. The third kappa shape index (κ3) is 7.02. The van der Waals surface area contributed by atoms with Crippen molar-refractivity contribution in [2.75, 3.05) is 19.6 Å². The van der Waals surface area contributed by atoms with E-state index in [0.29, 0.717) is 18.9 Å². The number of benzene rings is 1. The number of amides is 2. The molecule has 1 atom stereocenters. The number of carbonyl (C=O) groups is 2. The van der Waals surface area contributed by atoms with Crippen molar-refractivity contribution in [1.82, 2.24) is 10.2 Å². The van der Waals surface area contributed by atoms with Gasteiger partial charge in [-0.1, -0.05) is 23.7 Å². The molecule has 2 amide bonds. The van der Waals surface area contributed by atoms with E-state index >= 15 is 0 Å². The Morgan fingerprint density at radius 3 is 2.48 bits per heavy atom. The quantitative estimate of drug-likeness (QED) is 0.644. The zero-order valence-corrected chi connectivity index (χ0v) is 15.2. The van der Waals surface area contributed by atoms with Crippen molar-refractivity contribution in [2.24, 2.45) is 17.4 Å². The maximum Gasteiger partial charge on any atom is 0.236 e. The molecule has 0 spiro atoms. The van der Waals surface area contributed by atoms with Crippen LogP contribution in [0.5, 0.6) is 0 Å². The molecule has 6 nitrogen and oxygen atoms in total. The van der Waals surface area contributed by atoms with Crippen molar-refractivity contribution < 1.29 is 9.59 Å². The second-order valence-corrected chi connectivity index (χ2v) is 7.14. The molecular formula is C18H27ClN4O2. The number of carbonyl (C=O) groups excluding carboxylic acids is 2. The summed E-state index contributed by atoms with van der Waals surface area (Å²) >= 11 is 5.91. The molecule has 5 N–H and O–H groups in total. The van der Waals surface area contributed by atoms with E-state index in [9.17, 15) is 9.59 Å². The van der Waals surface area contributed by atoms with Gasteiger partial charge in [0.15, 0.2) is 0 Å². The molecule has 1 fully saturated rings. The van der Waals surface area contributed by atoms with Crippen molar-refractivity contribution in [3.63, 3.8) is 0 Å². The Hall–Kier alpha value is -1.63. The number of primary amides is 1. The Bertz CT molecular complexity index is 571. The lowest BCUT2D eigenvalue weighted by Crippen LogP contribution is -2.44. The number of likely N-dealkylation sites (tertiary alicyclic amines) is 1. The topological polar surface area (TPSA) is 101 Å². The van der Waals surface area contributed by atoms with E-state index in [4.69, 9.17) is 23.1 Å². The lowest BCUT2D eigenvalue weighted by molar-refractivity contribution is -0.123. The van der Waals surface area contributed by atoms with Crippen molar-refractivity contribution >= 4 is 23.4 Å². The fourth-order valence-electron chi connectivity index (χ4n) is 3.00. The summed E-state index contributed by atoms with van der Waals surface area (Å²) in [6.07, 6.45) is 2.52. The van der Waals surface area contributed by atoms with Crippen LogP contribution in [0.1, 0.15) is 31.2 Å². The van der Waals surface area contributed by atoms with Crippen molar-refractivity contribution in [3.8, 4) is 0 Å². The normalized spacial score (nSPS) is 17.2. The van der Waals surface area contributed by atoms with Crippen LogP contribution >= 0.6 is 11.6 Å². The minimum absolute atomic E-state index is 0.137. The molecule has 1 saturated heterocycles. The SMILES string of the molecule is NC(=O)CC[C@H](N)C(=O)NCC1CCN(Cc2ccc(Cl)cc2)CC1. The minimum Gasteiger partial charge on any atom is -0.370 e. The number of hydrogen-bond acceptors (Lipinski definition) is 4. The summed E-state index contributed by atoms with van der Waals surface area (Å²) in [6, 6.07) is 7.28. The molecular weight excluding hydrogens is 340 g/mol. The Kier molecular flexibility index (Phi) is 7.68. The lowest BCUT2D eigenvalue weighted by Gasteiger charge is -2.32. The number of halogens is 1. The predicted octanol–water partition coefficient (Wildman–Crippen LogP) is 1.26. The van der Waals surface area contributed by atoms with Crippen LogP contribution in [-0.4, -0.2) is 42.4 Å². The molecule has 1 aromatic rings. The standard InChI is InChI=1S/C18H27ClN4O2/c19-15-3-1-14(2-4-15)12-23-9-7-13(8-10-23)11-22-18(25)16(20)5-6-17(21)24/h1-4,13,16H,5-12,20H2,(H2,21,24)(H,22,25)/t16-/m0/s1. The second-order valence-electron chi connectivity index (χ2n) is 6.70. The Morgan fingerprint density at radius 1 is 1.24 bits per heavy atom. The first-order valence-electron chi connectivity index (χ1n) is 8.72. The van der Waals surface area contributed by atoms with E-state index in [1.807, 2.05) is 12.1 Å². The molecule has 0 aromatic heterocycles. The van der Waals surface area contributed by atoms with Gasteiger partial charge in [-0.3, -0.25) is 14.5 Å². The first-order chi connectivity index (χ1) is 11.9. The summed E-state index contributed by atoms with van der Waals surface area (Å²) in [4.78, 5) is 25.1. The maximum absolute atomic E-state index is 11.9. The summed E-state index contributed by atoms with van der Waals surface area (Å²) in [5, 5.41) is 3.65. The summed E-state index contributed by atoms with van der Waals surface area (Å²) < 4.78 is 0. The molecule has 1 heterocycles. The molecule has 1 aliphatic rings. The van der Waals surface area contributed by atoms with E-state index < -0.39 is 11.9 Å². The van der Waals surface area contributed by atoms with Gasteiger partial charge in [0.1, 0.15) is 0 Å². The smallest absolute Gasteiger partial charge is 0.236 e. The van der Waals surface area contributed by atoms with Gasteiger partial charge in [0.25, 0.3) is 0 Å². The van der Waals surface area contributed by atoms with E-state index in [1.54, 1.807) is 0 Å². The highest BCUT2D eigenvalue weighted by Gasteiger charge is 2.21. The fraction of sp³-hybridized carbons (Fsp3) is 0.556. The summed E-state index contributed by atoms with van der Waals surface area (Å²) in [6.45, 7) is 3.58. The summed E-state index contributed by atoms with van der Waals surface area (Å²) in [7, 11) is 0. The summed E-state index contributed by atoms with van der Waals surface area (Å²) in [5.41, 5.74) is 12.1. The highest BCUT2D eigenvalue weighted by Crippen LogP contribution is 2.19. The van der Waals surface area contributed by atoms with E-state index in [0.717, 1.165) is 37.5 Å². The van der Waals surface area contributed by atoms with Crippen LogP contribution in [0.4, 0.5) is 0 Å². The van der Waals surface area contributed by atoms with Crippen LogP contribution in [0.2, 0.25) is 5.02 Å². The van der Waals surface area contributed by atoms with Crippen LogP contribution in [0, 0.1) is 5.92 Å². The van der Waals surface area contributed by atoms with Crippen LogP contribution < -0.4 is 16.8 Å². The maximum atomic E-state index is 11.9. The molecule has 7 heteroatoms. The molecule has 0 radical (unpaired) electrons. The predicted molar refractivity (Wildman–Crippen MR) is 98.9 cm³/mol. The van der Waals surface area contributed by atoms with Gasteiger partial charge >= 0.3 is 0 Å². The van der Waals surface area contributed by atoms with Gasteiger partial charge in [0.05, 0.1) is 6.04 Å². The first kappa shape index (κ1) is 19.7. The van der Waals surface area contributed by atoms with Crippen LogP contribution in [0.25, 0.3) is 0 Å². The highest BCUT2D eigenvalue weighted by atomic mass is 35.5. The lowest BCUT2D eigenvalue weighted by atomic mass is 9.96. The molecule has 1 aliphatic heterocycles. The molecule has 0 unspecified atom stereocenters. The van der Waals surface area contributed by atoms with E-state index in [1.165, 1.54) is 5.56 Å². The highest BCUT2D eigenvalue weighted by molar-refractivity contribution is 6.30. The van der Waals surface area contributed by atoms with Gasteiger partial charge in [-0.25, -0.2) is 0 Å². The monoisotopic (exact) mass is 366 g/mol. The fourth-order valence-corrected chi connectivity index (χ4v) is 3.13. The van der Waals surface area contributed by atoms with E-state index in [2.05, 4.69) is 22.3 Å². The largest absolute Gasteiger partial charge is 0.370 e. The van der Waals surface area contributed by atoms with Gasteiger partial charge in [0.2, 0.25) is 11.8 Å². The minimum atomic E-state index is -0.669. The molecule has 0 saturated carbocycles. The van der Waals surface area contributed by atoms with Crippen LogP contribution in [-0.2, 0) is 16.1 Å². The number of rotatable bonds is 8. The Labute approximate surface area is 153 Å². The third-order valence-electron chi connectivity index (χ3n) is 4.63. The zero-order valence-electron chi connectivity index (χ0n) is 14.4. The first-order valence-corrected chi connectivity index (χ1v) is 9.10. The van der Waals surface area contributed by atoms with Gasteiger partial charge in [-0.05, 0) is 56.0 Å². The Balaban J connectivity index is 1.65. The number of hydrogen-bond donors (Lipinski definition) is 3. The molecule has 1 aromatic carbocycles. The number of nitrogens with zero attached hydrogens (tertiary/aromatic N) is 1. The second kappa shape index (κ2) is 9.75. The van der Waals surface area contributed by atoms with Crippen molar-refractivity contribution in [3.05, 3.63) is 34.9 Å². The van der Waals surface area contributed by atoms with Crippen molar-refractivity contribution in [2.45, 2.75) is 38.3 Å². The van der Waals surface area contributed by atoms with E-state index in [-0.39, 0.29) is 12.3 Å². The average molecular weight is 367 g/mol. The summed E-state index contributed by atoms with van der Waals surface area (Å²) in [5.74, 6) is -0.171. The van der Waals surface area contributed by atoms with Crippen LogP contribution in [0.3, 0.4) is 0 Å². The average Bonchev–Trinajstić information content (AvgIpc) is 2.60. The van der Waals surface area contributed by atoms with Crippen molar-refractivity contribution in [1.29, 1.82) is 0 Å². The Morgan fingerprint density at radius 2 is 1.88 bits per heavy atom. The molecule has 0 bridgehead atoms.